The Morgan fingerprint density at radius 2 is 1.57 bits per heavy atom. The lowest BCUT2D eigenvalue weighted by molar-refractivity contribution is 0.0397. The van der Waals surface area contributed by atoms with Crippen molar-refractivity contribution in [1.29, 1.82) is 0 Å². The Labute approximate surface area is 168 Å². The molecule has 1 aliphatic rings. The number of imidazole rings is 1. The minimum atomic E-state index is 0.518. The fourth-order valence-electron chi connectivity index (χ4n) is 3.91. The van der Waals surface area contributed by atoms with Crippen LogP contribution in [0.5, 0.6) is 0 Å². The molecule has 1 aromatic carbocycles. The van der Waals surface area contributed by atoms with Gasteiger partial charge < -0.3 is 23.7 Å². The number of piperidine rings is 1. The highest BCUT2D eigenvalue weighted by Gasteiger charge is 2.25. The summed E-state index contributed by atoms with van der Waals surface area (Å²) in [7, 11) is 0. The van der Waals surface area contributed by atoms with E-state index in [0.717, 1.165) is 71.0 Å². The minimum absolute atomic E-state index is 0.518. The molecule has 6 nitrogen and oxygen atoms in total. The Bertz CT molecular complexity index is 695. The third kappa shape index (κ3) is 5.77. The number of benzene rings is 1. The van der Waals surface area contributed by atoms with Crippen molar-refractivity contribution in [3.8, 4) is 0 Å². The summed E-state index contributed by atoms with van der Waals surface area (Å²) in [5, 5.41) is 0. The standard InChI is InChI=1S/C22H35N3O3/c1-3-26-16-14-25-21-8-6-5-7-20(21)23-22(25)19-9-11-24(12-10-19)13-15-28-18-17-27-4-2/h5-8,19H,3-4,9-18H2,1-2H3. The molecule has 6 heteroatoms. The lowest BCUT2D eigenvalue weighted by Crippen LogP contribution is -2.36. The largest absolute Gasteiger partial charge is 0.380 e. The van der Waals surface area contributed by atoms with Gasteiger partial charge in [-0.1, -0.05) is 12.1 Å². The van der Waals surface area contributed by atoms with Gasteiger partial charge in [0.25, 0.3) is 0 Å². The summed E-state index contributed by atoms with van der Waals surface area (Å²) in [6.45, 7) is 12.5. The van der Waals surface area contributed by atoms with E-state index in [-0.39, 0.29) is 0 Å². The summed E-state index contributed by atoms with van der Waals surface area (Å²) in [5.41, 5.74) is 2.32. The Hall–Kier alpha value is -1.47. The zero-order valence-electron chi connectivity index (χ0n) is 17.4. The van der Waals surface area contributed by atoms with Gasteiger partial charge >= 0.3 is 0 Å². The van der Waals surface area contributed by atoms with Gasteiger partial charge in [-0.15, -0.1) is 0 Å². The minimum Gasteiger partial charge on any atom is -0.380 e. The molecule has 3 rings (SSSR count). The summed E-state index contributed by atoms with van der Waals surface area (Å²) in [6, 6.07) is 8.45. The van der Waals surface area contributed by atoms with Crippen molar-refractivity contribution in [2.24, 2.45) is 0 Å². The molecule has 2 aromatic rings. The fraction of sp³-hybridized carbons (Fsp3) is 0.682. The number of hydrogen-bond donors (Lipinski definition) is 0. The lowest BCUT2D eigenvalue weighted by Gasteiger charge is -2.31. The van der Waals surface area contributed by atoms with Gasteiger partial charge in [0.05, 0.1) is 37.5 Å². The highest BCUT2D eigenvalue weighted by Crippen LogP contribution is 2.30. The van der Waals surface area contributed by atoms with Crippen molar-refractivity contribution in [3.05, 3.63) is 30.1 Å². The topological polar surface area (TPSA) is 48.8 Å². The quantitative estimate of drug-likeness (QED) is 0.521. The normalized spacial score (nSPS) is 16.2. The molecule has 1 aliphatic heterocycles. The Morgan fingerprint density at radius 3 is 2.36 bits per heavy atom. The number of aromatic nitrogens is 2. The average molecular weight is 390 g/mol. The molecule has 0 radical (unpaired) electrons. The van der Waals surface area contributed by atoms with Gasteiger partial charge in [0, 0.05) is 32.2 Å². The van der Waals surface area contributed by atoms with E-state index in [0.29, 0.717) is 19.1 Å². The van der Waals surface area contributed by atoms with Crippen LogP contribution in [0.2, 0.25) is 0 Å². The zero-order chi connectivity index (χ0) is 19.6. The molecule has 1 saturated heterocycles. The molecule has 0 spiro atoms. The van der Waals surface area contributed by atoms with E-state index >= 15 is 0 Å². The van der Waals surface area contributed by atoms with E-state index in [9.17, 15) is 0 Å². The Kier molecular flexibility index (Phi) is 8.73. The lowest BCUT2D eigenvalue weighted by atomic mass is 9.96. The van der Waals surface area contributed by atoms with Gasteiger partial charge in [-0.25, -0.2) is 4.98 Å². The molecular formula is C22H35N3O3. The van der Waals surface area contributed by atoms with Crippen molar-refractivity contribution < 1.29 is 14.2 Å². The van der Waals surface area contributed by atoms with Crippen LogP contribution in [0.15, 0.2) is 24.3 Å². The molecule has 0 aliphatic carbocycles. The van der Waals surface area contributed by atoms with Crippen LogP contribution >= 0.6 is 0 Å². The van der Waals surface area contributed by atoms with Gasteiger partial charge in [0.15, 0.2) is 0 Å². The molecule has 0 N–H and O–H groups in total. The van der Waals surface area contributed by atoms with Crippen LogP contribution in [-0.2, 0) is 20.8 Å². The van der Waals surface area contributed by atoms with E-state index in [4.69, 9.17) is 19.2 Å². The number of nitrogens with zero attached hydrogens (tertiary/aromatic N) is 3. The van der Waals surface area contributed by atoms with Gasteiger partial charge in [0.1, 0.15) is 5.82 Å². The van der Waals surface area contributed by atoms with E-state index in [2.05, 4.69) is 33.7 Å². The molecule has 0 saturated carbocycles. The summed E-state index contributed by atoms with van der Waals surface area (Å²) in [4.78, 5) is 7.50. The third-order valence-electron chi connectivity index (χ3n) is 5.43. The van der Waals surface area contributed by atoms with Gasteiger partial charge in [-0.2, -0.15) is 0 Å². The summed E-state index contributed by atoms with van der Waals surface area (Å²) >= 11 is 0. The van der Waals surface area contributed by atoms with Gasteiger partial charge in [0.2, 0.25) is 0 Å². The summed E-state index contributed by atoms with van der Waals surface area (Å²) in [5.74, 6) is 1.75. The first kappa shape index (κ1) is 21.2. The summed E-state index contributed by atoms with van der Waals surface area (Å²) < 4.78 is 19.0. The SMILES string of the molecule is CCOCCOCCN1CCC(c2nc3ccccc3n2CCOCC)CC1. The van der Waals surface area contributed by atoms with Crippen molar-refractivity contribution in [3.63, 3.8) is 0 Å². The molecule has 0 unspecified atom stereocenters. The van der Waals surface area contributed by atoms with Crippen LogP contribution in [0.1, 0.15) is 38.4 Å². The number of likely N-dealkylation sites (tertiary alicyclic amines) is 1. The van der Waals surface area contributed by atoms with Crippen LogP contribution in [0.3, 0.4) is 0 Å². The second-order valence-electron chi connectivity index (χ2n) is 7.23. The molecule has 1 aromatic heterocycles. The van der Waals surface area contributed by atoms with E-state index in [1.165, 1.54) is 11.3 Å². The van der Waals surface area contributed by atoms with Crippen molar-refractivity contribution in [2.45, 2.75) is 39.2 Å². The van der Waals surface area contributed by atoms with Gasteiger partial charge in [-0.05, 0) is 51.9 Å². The molecule has 156 valence electrons. The van der Waals surface area contributed by atoms with Crippen LogP contribution < -0.4 is 0 Å². The number of rotatable bonds is 12. The van der Waals surface area contributed by atoms with E-state index < -0.39 is 0 Å². The summed E-state index contributed by atoms with van der Waals surface area (Å²) in [6.07, 6.45) is 2.30. The maximum absolute atomic E-state index is 5.67. The van der Waals surface area contributed by atoms with Crippen molar-refractivity contribution >= 4 is 11.0 Å². The van der Waals surface area contributed by atoms with Crippen molar-refractivity contribution in [1.82, 2.24) is 14.5 Å². The highest BCUT2D eigenvalue weighted by molar-refractivity contribution is 5.76. The van der Waals surface area contributed by atoms with E-state index in [1.807, 2.05) is 13.8 Å². The van der Waals surface area contributed by atoms with Crippen LogP contribution in [0, 0.1) is 0 Å². The van der Waals surface area contributed by atoms with Gasteiger partial charge in [-0.3, -0.25) is 0 Å². The molecular weight excluding hydrogens is 354 g/mol. The maximum atomic E-state index is 5.67. The second kappa shape index (κ2) is 11.5. The Balaban J connectivity index is 1.53. The number of hydrogen-bond acceptors (Lipinski definition) is 5. The van der Waals surface area contributed by atoms with Crippen molar-refractivity contribution in [2.75, 3.05) is 59.3 Å². The third-order valence-corrected chi connectivity index (χ3v) is 5.43. The zero-order valence-corrected chi connectivity index (χ0v) is 17.4. The first-order chi connectivity index (χ1) is 13.8. The first-order valence-corrected chi connectivity index (χ1v) is 10.7. The monoisotopic (exact) mass is 389 g/mol. The van der Waals surface area contributed by atoms with Crippen LogP contribution in [0.4, 0.5) is 0 Å². The number of para-hydroxylation sites is 2. The molecule has 2 heterocycles. The maximum Gasteiger partial charge on any atom is 0.113 e. The van der Waals surface area contributed by atoms with Crippen LogP contribution in [-0.4, -0.2) is 73.7 Å². The first-order valence-electron chi connectivity index (χ1n) is 10.7. The molecule has 0 amide bonds. The smallest absolute Gasteiger partial charge is 0.113 e. The predicted octanol–water partition coefficient (Wildman–Crippen LogP) is 3.31. The predicted molar refractivity (Wildman–Crippen MR) is 112 cm³/mol. The average Bonchev–Trinajstić information content (AvgIpc) is 3.10. The highest BCUT2D eigenvalue weighted by atomic mass is 16.5. The molecule has 28 heavy (non-hydrogen) atoms. The number of ether oxygens (including phenoxy) is 3. The fourth-order valence-corrected chi connectivity index (χ4v) is 3.91. The molecule has 1 fully saturated rings. The second-order valence-corrected chi connectivity index (χ2v) is 7.23. The number of fused-ring (bicyclic) bond motifs is 1. The van der Waals surface area contributed by atoms with E-state index in [1.54, 1.807) is 0 Å². The molecule has 0 atom stereocenters. The Morgan fingerprint density at radius 1 is 0.893 bits per heavy atom. The van der Waals surface area contributed by atoms with Crippen LogP contribution in [0.25, 0.3) is 11.0 Å². The molecule has 0 bridgehead atoms.